The summed E-state index contributed by atoms with van der Waals surface area (Å²) in [6.45, 7) is 16.4. The highest BCUT2D eigenvalue weighted by molar-refractivity contribution is 6.77. The Morgan fingerprint density at radius 1 is 0.939 bits per heavy atom. The van der Waals surface area contributed by atoms with Crippen LogP contribution in [0, 0.1) is 5.92 Å². The van der Waals surface area contributed by atoms with E-state index in [9.17, 15) is 10.2 Å². The van der Waals surface area contributed by atoms with Crippen LogP contribution < -0.4 is 0 Å². The summed E-state index contributed by atoms with van der Waals surface area (Å²) < 4.78 is 13.3. The van der Waals surface area contributed by atoms with Gasteiger partial charge in [0.1, 0.15) is 6.10 Å². The Kier molecular flexibility index (Phi) is 11.6. The Morgan fingerprint density at radius 3 is 2.09 bits per heavy atom. The van der Waals surface area contributed by atoms with Crippen molar-refractivity contribution in [2.45, 2.75) is 135 Å². The second-order valence-electron chi connectivity index (χ2n) is 11.0. The summed E-state index contributed by atoms with van der Waals surface area (Å²) in [5, 5.41) is 22.6. The van der Waals surface area contributed by atoms with E-state index in [0.717, 1.165) is 44.1 Å². The molecule has 190 valence electrons. The Labute approximate surface area is 204 Å². The van der Waals surface area contributed by atoms with Crippen LogP contribution in [0.5, 0.6) is 0 Å². The fraction of sp³-hybridized carbons (Fsp3) is 0.786. The summed E-state index contributed by atoms with van der Waals surface area (Å²) in [5.41, 5.74) is 2.61. The van der Waals surface area contributed by atoms with Crippen LogP contribution in [-0.4, -0.2) is 42.9 Å². The Balaban J connectivity index is 2.14. The highest BCUT2D eigenvalue weighted by Crippen LogP contribution is 2.46. The lowest BCUT2D eigenvalue weighted by molar-refractivity contribution is -0.122. The van der Waals surface area contributed by atoms with Crippen LogP contribution in [0.1, 0.15) is 92.6 Å². The quantitative estimate of drug-likeness (QED) is 0.287. The van der Waals surface area contributed by atoms with Gasteiger partial charge in [-0.05, 0) is 41.4 Å². The first-order chi connectivity index (χ1) is 15.6. The highest BCUT2D eigenvalue weighted by atomic mass is 28.4. The number of unbranched alkanes of at least 4 members (excludes halogenated alkanes) is 1. The Morgan fingerprint density at radius 2 is 1.55 bits per heavy atom. The standard InChI is InChI=1S/C28H50O4Si/c1-8-9-17-26(31-19-23-14-11-10-12-15-23)28(30)27(29)24-16-13-18-25(24)32-33(20(2)3,21(4)5)22(6)7/h10-12,14-15,20-22,24-30H,8-9,13,16-19H2,1-7H3/t24-,25-,26-,27-,28-/m0/s1. The number of aliphatic hydroxyl groups excluding tert-OH is 2. The molecule has 5 atom stereocenters. The van der Waals surface area contributed by atoms with Crippen LogP contribution in [0.2, 0.25) is 16.6 Å². The molecule has 0 radical (unpaired) electrons. The van der Waals surface area contributed by atoms with Gasteiger partial charge in [0.15, 0.2) is 0 Å². The van der Waals surface area contributed by atoms with Gasteiger partial charge in [-0.25, -0.2) is 0 Å². The largest absolute Gasteiger partial charge is 0.413 e. The first-order valence-electron chi connectivity index (χ1n) is 13.3. The van der Waals surface area contributed by atoms with Gasteiger partial charge < -0.3 is 19.4 Å². The van der Waals surface area contributed by atoms with Gasteiger partial charge in [0.25, 0.3) is 0 Å². The molecule has 2 rings (SSSR count). The monoisotopic (exact) mass is 478 g/mol. The van der Waals surface area contributed by atoms with Crippen molar-refractivity contribution in [3.8, 4) is 0 Å². The normalized spacial score (nSPS) is 22.3. The molecule has 33 heavy (non-hydrogen) atoms. The van der Waals surface area contributed by atoms with E-state index in [4.69, 9.17) is 9.16 Å². The zero-order chi connectivity index (χ0) is 24.6. The average Bonchev–Trinajstić information content (AvgIpc) is 3.24. The van der Waals surface area contributed by atoms with Crippen molar-refractivity contribution in [1.82, 2.24) is 0 Å². The number of benzene rings is 1. The highest BCUT2D eigenvalue weighted by Gasteiger charge is 2.50. The smallest absolute Gasteiger partial charge is 0.200 e. The Bertz CT molecular complexity index is 641. The number of hydrogen-bond acceptors (Lipinski definition) is 4. The van der Waals surface area contributed by atoms with Crippen molar-refractivity contribution in [3.05, 3.63) is 35.9 Å². The predicted molar refractivity (Wildman–Crippen MR) is 140 cm³/mol. The van der Waals surface area contributed by atoms with Gasteiger partial charge >= 0.3 is 0 Å². The molecule has 0 aliphatic heterocycles. The van der Waals surface area contributed by atoms with Gasteiger partial charge in [0.2, 0.25) is 8.32 Å². The van der Waals surface area contributed by atoms with E-state index >= 15 is 0 Å². The number of hydrogen-bond donors (Lipinski definition) is 2. The zero-order valence-electron chi connectivity index (χ0n) is 22.2. The van der Waals surface area contributed by atoms with Crippen molar-refractivity contribution in [1.29, 1.82) is 0 Å². The topological polar surface area (TPSA) is 58.9 Å². The van der Waals surface area contributed by atoms with E-state index < -0.39 is 20.5 Å². The molecule has 2 N–H and O–H groups in total. The minimum Gasteiger partial charge on any atom is -0.413 e. The van der Waals surface area contributed by atoms with Crippen molar-refractivity contribution >= 4 is 8.32 Å². The first kappa shape index (κ1) is 28.5. The summed E-state index contributed by atoms with van der Waals surface area (Å²) in [5.74, 6) is -0.0347. The summed E-state index contributed by atoms with van der Waals surface area (Å²) in [6.07, 6.45) is 3.60. The lowest BCUT2D eigenvalue weighted by Gasteiger charge is -2.46. The molecule has 0 aromatic heterocycles. The van der Waals surface area contributed by atoms with Gasteiger partial charge in [-0.15, -0.1) is 0 Å². The maximum absolute atomic E-state index is 11.4. The molecule has 0 amide bonds. The van der Waals surface area contributed by atoms with E-state index in [1.807, 2.05) is 30.3 Å². The molecule has 1 aromatic rings. The van der Waals surface area contributed by atoms with E-state index in [2.05, 4.69) is 48.5 Å². The molecule has 1 fully saturated rings. The molecule has 1 saturated carbocycles. The van der Waals surface area contributed by atoms with Gasteiger partial charge in [-0.3, -0.25) is 0 Å². The van der Waals surface area contributed by atoms with E-state index in [0.29, 0.717) is 23.2 Å². The molecule has 0 unspecified atom stereocenters. The van der Waals surface area contributed by atoms with Crippen molar-refractivity contribution in [2.75, 3.05) is 0 Å². The minimum atomic E-state index is -2.05. The third-order valence-corrected chi connectivity index (χ3v) is 14.0. The van der Waals surface area contributed by atoms with E-state index in [-0.39, 0.29) is 18.1 Å². The SMILES string of the molecule is CCCC[C@H](OCc1ccccc1)[C@H](O)[C@@H](O)[C@H]1CCC[C@@H]1O[Si](C(C)C)(C(C)C)C(C)C. The minimum absolute atomic E-state index is 0.0227. The van der Waals surface area contributed by atoms with Gasteiger partial charge in [-0.2, -0.15) is 0 Å². The van der Waals surface area contributed by atoms with Crippen LogP contribution in [0.15, 0.2) is 30.3 Å². The van der Waals surface area contributed by atoms with Crippen LogP contribution in [0.4, 0.5) is 0 Å². The zero-order valence-corrected chi connectivity index (χ0v) is 23.2. The molecule has 1 aliphatic carbocycles. The Hall–Kier alpha value is -0.723. The van der Waals surface area contributed by atoms with Crippen LogP contribution in [0.3, 0.4) is 0 Å². The molecule has 1 aromatic carbocycles. The molecule has 0 bridgehead atoms. The maximum Gasteiger partial charge on any atom is 0.200 e. The van der Waals surface area contributed by atoms with Crippen molar-refractivity contribution < 1.29 is 19.4 Å². The molecule has 0 spiro atoms. The number of rotatable bonds is 14. The van der Waals surface area contributed by atoms with Crippen LogP contribution >= 0.6 is 0 Å². The predicted octanol–water partition coefficient (Wildman–Crippen LogP) is 6.84. The van der Waals surface area contributed by atoms with Gasteiger partial charge in [-0.1, -0.05) is 98.1 Å². The second kappa shape index (κ2) is 13.4. The molecule has 5 heteroatoms. The summed E-state index contributed by atoms with van der Waals surface area (Å²) in [4.78, 5) is 0. The summed E-state index contributed by atoms with van der Waals surface area (Å²) in [6, 6.07) is 10.1. The molecule has 1 aliphatic rings. The second-order valence-corrected chi connectivity index (χ2v) is 16.4. The van der Waals surface area contributed by atoms with Gasteiger partial charge in [0.05, 0.1) is 24.9 Å². The molecule has 4 nitrogen and oxygen atoms in total. The van der Waals surface area contributed by atoms with E-state index in [1.165, 1.54) is 0 Å². The lowest BCUT2D eigenvalue weighted by atomic mass is 9.90. The first-order valence-corrected chi connectivity index (χ1v) is 15.5. The van der Waals surface area contributed by atoms with Gasteiger partial charge in [0, 0.05) is 5.92 Å². The molecular formula is C28H50O4Si. The summed E-state index contributed by atoms with van der Waals surface area (Å²) >= 11 is 0. The number of aliphatic hydroxyl groups is 2. The number of ether oxygens (including phenoxy) is 1. The average molecular weight is 479 g/mol. The summed E-state index contributed by atoms with van der Waals surface area (Å²) in [7, 11) is -2.05. The van der Waals surface area contributed by atoms with Crippen LogP contribution in [0.25, 0.3) is 0 Å². The fourth-order valence-electron chi connectivity index (χ4n) is 6.17. The van der Waals surface area contributed by atoms with E-state index in [1.54, 1.807) is 0 Å². The van der Waals surface area contributed by atoms with Crippen molar-refractivity contribution in [3.63, 3.8) is 0 Å². The third kappa shape index (κ3) is 7.14. The maximum atomic E-state index is 11.4. The molecule has 0 heterocycles. The third-order valence-electron chi connectivity index (χ3n) is 7.88. The fourth-order valence-corrected chi connectivity index (χ4v) is 11.8. The molecular weight excluding hydrogens is 428 g/mol. The van der Waals surface area contributed by atoms with Crippen molar-refractivity contribution in [2.24, 2.45) is 5.92 Å². The molecule has 0 saturated heterocycles. The lowest BCUT2D eigenvalue weighted by Crippen LogP contribution is -2.53. The van der Waals surface area contributed by atoms with Crippen LogP contribution in [-0.2, 0) is 15.8 Å².